The molecule has 0 unspecified atom stereocenters. The van der Waals surface area contributed by atoms with Crippen LogP contribution in [0.5, 0.6) is 0 Å². The largest absolute Gasteiger partial charge is 0.326 e. The van der Waals surface area contributed by atoms with E-state index in [1.165, 1.54) is 6.07 Å². The van der Waals surface area contributed by atoms with Crippen LogP contribution in [0.4, 0.5) is 5.69 Å². The van der Waals surface area contributed by atoms with E-state index in [0.717, 1.165) is 0 Å². The maximum atomic E-state index is 10.6. The van der Waals surface area contributed by atoms with Crippen molar-refractivity contribution in [2.75, 3.05) is 6.54 Å². The third-order valence-electron chi connectivity index (χ3n) is 1.80. The highest BCUT2D eigenvalue weighted by Crippen LogP contribution is 2.27. The zero-order valence-corrected chi connectivity index (χ0v) is 8.95. The van der Waals surface area contributed by atoms with Gasteiger partial charge >= 0.3 is 0 Å². The van der Waals surface area contributed by atoms with E-state index in [4.69, 9.17) is 5.73 Å². The van der Waals surface area contributed by atoms with Crippen molar-refractivity contribution < 1.29 is 4.92 Å². The first-order valence-electron chi connectivity index (χ1n) is 3.88. The van der Waals surface area contributed by atoms with Crippen LogP contribution in [0.1, 0.15) is 5.56 Å². The number of nitrogens with zero attached hydrogens (tertiary/aromatic N) is 1. The SMILES string of the molecule is C=C(CN)c1ccc(Br)c([N+](=O)[O-])c1. The Morgan fingerprint density at radius 2 is 2.29 bits per heavy atom. The molecular weight excluding hydrogens is 248 g/mol. The van der Waals surface area contributed by atoms with Crippen LogP contribution in [0.3, 0.4) is 0 Å². The molecule has 4 nitrogen and oxygen atoms in total. The second-order valence-corrected chi connectivity index (χ2v) is 3.59. The molecule has 0 aromatic heterocycles. The van der Waals surface area contributed by atoms with Crippen LogP contribution in [-0.4, -0.2) is 11.5 Å². The fraction of sp³-hybridized carbons (Fsp3) is 0.111. The lowest BCUT2D eigenvalue weighted by atomic mass is 10.1. The molecule has 0 heterocycles. The minimum atomic E-state index is -0.447. The van der Waals surface area contributed by atoms with Crippen molar-refractivity contribution in [3.63, 3.8) is 0 Å². The molecule has 5 heteroatoms. The molecule has 1 aromatic carbocycles. The molecule has 1 rings (SSSR count). The Bertz CT molecular complexity index is 390. The van der Waals surface area contributed by atoms with Crippen LogP contribution < -0.4 is 5.73 Å². The van der Waals surface area contributed by atoms with Crippen LogP contribution in [0.15, 0.2) is 29.3 Å². The first-order chi connectivity index (χ1) is 6.56. The highest BCUT2D eigenvalue weighted by molar-refractivity contribution is 9.10. The highest BCUT2D eigenvalue weighted by Gasteiger charge is 2.12. The summed E-state index contributed by atoms with van der Waals surface area (Å²) in [5, 5.41) is 10.6. The standard InChI is InChI=1S/C9H9BrN2O2/c1-6(5-11)7-2-3-8(10)9(4-7)12(13)14/h2-4H,1,5,11H2. The van der Waals surface area contributed by atoms with Gasteiger partial charge in [0, 0.05) is 12.6 Å². The minimum Gasteiger partial charge on any atom is -0.326 e. The van der Waals surface area contributed by atoms with Gasteiger partial charge in [-0.3, -0.25) is 10.1 Å². The topological polar surface area (TPSA) is 69.2 Å². The molecule has 0 bridgehead atoms. The smallest absolute Gasteiger partial charge is 0.284 e. The highest BCUT2D eigenvalue weighted by atomic mass is 79.9. The number of hydrogen-bond acceptors (Lipinski definition) is 3. The number of rotatable bonds is 3. The number of halogens is 1. The number of nitrogens with two attached hydrogens (primary N) is 1. The molecule has 1 aromatic rings. The van der Waals surface area contributed by atoms with Crippen molar-refractivity contribution in [1.82, 2.24) is 0 Å². The molecular formula is C9H9BrN2O2. The van der Waals surface area contributed by atoms with E-state index in [2.05, 4.69) is 22.5 Å². The Balaban J connectivity index is 3.19. The van der Waals surface area contributed by atoms with Crippen LogP contribution in [0, 0.1) is 10.1 Å². The number of nitro benzene ring substituents is 1. The van der Waals surface area contributed by atoms with Gasteiger partial charge in [-0.25, -0.2) is 0 Å². The van der Waals surface area contributed by atoms with E-state index >= 15 is 0 Å². The number of hydrogen-bond donors (Lipinski definition) is 1. The van der Waals surface area contributed by atoms with Crippen LogP contribution >= 0.6 is 15.9 Å². The molecule has 14 heavy (non-hydrogen) atoms. The van der Waals surface area contributed by atoms with Gasteiger partial charge in [0.2, 0.25) is 0 Å². The summed E-state index contributed by atoms with van der Waals surface area (Å²) in [5.41, 5.74) is 6.79. The average Bonchev–Trinajstić information content (AvgIpc) is 2.17. The average molecular weight is 257 g/mol. The Hall–Kier alpha value is -1.20. The predicted molar refractivity (Wildman–Crippen MR) is 58.9 cm³/mol. The zero-order chi connectivity index (χ0) is 10.7. The quantitative estimate of drug-likeness (QED) is 0.667. The van der Waals surface area contributed by atoms with Crippen molar-refractivity contribution in [1.29, 1.82) is 0 Å². The lowest BCUT2D eigenvalue weighted by Gasteiger charge is -2.03. The van der Waals surface area contributed by atoms with E-state index in [1.54, 1.807) is 12.1 Å². The van der Waals surface area contributed by atoms with Gasteiger partial charge in [0.1, 0.15) is 0 Å². The van der Waals surface area contributed by atoms with Gasteiger partial charge in [0.15, 0.2) is 0 Å². The monoisotopic (exact) mass is 256 g/mol. The summed E-state index contributed by atoms with van der Waals surface area (Å²) < 4.78 is 0.455. The molecule has 0 atom stereocenters. The van der Waals surface area contributed by atoms with Crippen molar-refractivity contribution in [3.8, 4) is 0 Å². The fourth-order valence-corrected chi connectivity index (χ4v) is 1.38. The zero-order valence-electron chi connectivity index (χ0n) is 7.37. The molecule has 0 aliphatic heterocycles. The Morgan fingerprint density at radius 1 is 1.64 bits per heavy atom. The van der Waals surface area contributed by atoms with Gasteiger partial charge in [0.25, 0.3) is 5.69 Å². The van der Waals surface area contributed by atoms with Gasteiger partial charge in [-0.15, -0.1) is 0 Å². The third-order valence-corrected chi connectivity index (χ3v) is 2.47. The number of benzene rings is 1. The lowest BCUT2D eigenvalue weighted by Crippen LogP contribution is -2.01. The lowest BCUT2D eigenvalue weighted by molar-refractivity contribution is -0.385. The van der Waals surface area contributed by atoms with Gasteiger partial charge < -0.3 is 5.73 Å². The Kier molecular flexibility index (Phi) is 3.38. The number of nitro groups is 1. The molecule has 0 fully saturated rings. The normalized spacial score (nSPS) is 9.86. The molecule has 0 saturated carbocycles. The van der Waals surface area contributed by atoms with Crippen LogP contribution in [0.25, 0.3) is 5.57 Å². The van der Waals surface area contributed by atoms with E-state index in [0.29, 0.717) is 22.2 Å². The Morgan fingerprint density at radius 3 is 2.79 bits per heavy atom. The first kappa shape index (κ1) is 10.9. The molecule has 0 spiro atoms. The summed E-state index contributed by atoms with van der Waals surface area (Å²) in [5.74, 6) is 0. The van der Waals surface area contributed by atoms with E-state index in [9.17, 15) is 10.1 Å². The summed E-state index contributed by atoms with van der Waals surface area (Å²) in [6.07, 6.45) is 0. The van der Waals surface area contributed by atoms with E-state index in [1.807, 2.05) is 0 Å². The van der Waals surface area contributed by atoms with Crippen molar-refractivity contribution in [2.45, 2.75) is 0 Å². The fourth-order valence-electron chi connectivity index (χ4n) is 0.990. The van der Waals surface area contributed by atoms with Crippen LogP contribution in [-0.2, 0) is 0 Å². The molecule has 0 radical (unpaired) electrons. The first-order valence-corrected chi connectivity index (χ1v) is 4.67. The maximum Gasteiger partial charge on any atom is 0.284 e. The molecule has 0 aliphatic carbocycles. The summed E-state index contributed by atoms with van der Waals surface area (Å²) in [7, 11) is 0. The Labute approximate surface area is 89.7 Å². The summed E-state index contributed by atoms with van der Waals surface area (Å²) in [4.78, 5) is 10.2. The van der Waals surface area contributed by atoms with Gasteiger partial charge in [-0.2, -0.15) is 0 Å². The van der Waals surface area contributed by atoms with Crippen molar-refractivity contribution >= 4 is 27.2 Å². The summed E-state index contributed by atoms with van der Waals surface area (Å²) in [6, 6.07) is 4.82. The van der Waals surface area contributed by atoms with E-state index < -0.39 is 4.92 Å². The summed E-state index contributed by atoms with van der Waals surface area (Å²) in [6.45, 7) is 4.00. The van der Waals surface area contributed by atoms with Gasteiger partial charge in [-0.1, -0.05) is 12.6 Å². The maximum absolute atomic E-state index is 10.6. The van der Waals surface area contributed by atoms with Gasteiger partial charge in [0.05, 0.1) is 9.40 Å². The van der Waals surface area contributed by atoms with Gasteiger partial charge in [-0.05, 0) is 33.1 Å². The molecule has 0 saturated heterocycles. The third kappa shape index (κ3) is 2.18. The summed E-state index contributed by atoms with van der Waals surface area (Å²) >= 11 is 3.10. The van der Waals surface area contributed by atoms with E-state index in [-0.39, 0.29) is 5.69 Å². The molecule has 0 amide bonds. The molecule has 2 N–H and O–H groups in total. The van der Waals surface area contributed by atoms with Crippen molar-refractivity contribution in [3.05, 3.63) is 44.9 Å². The molecule has 74 valence electrons. The second kappa shape index (κ2) is 4.34. The predicted octanol–water partition coefficient (Wildman–Crippen LogP) is 2.33. The van der Waals surface area contributed by atoms with Crippen molar-refractivity contribution in [2.24, 2.45) is 5.73 Å². The molecule has 0 aliphatic rings. The minimum absolute atomic E-state index is 0.0251. The second-order valence-electron chi connectivity index (χ2n) is 2.73. The van der Waals surface area contributed by atoms with Crippen LogP contribution in [0.2, 0.25) is 0 Å².